The van der Waals surface area contributed by atoms with Gasteiger partial charge in [-0.05, 0) is 47.4 Å². The highest BCUT2D eigenvalue weighted by Crippen LogP contribution is 2.34. The molecule has 0 saturated carbocycles. The van der Waals surface area contributed by atoms with Crippen LogP contribution in [0.2, 0.25) is 0 Å². The van der Waals surface area contributed by atoms with Gasteiger partial charge < -0.3 is 10.2 Å². The first-order chi connectivity index (χ1) is 18.5. The van der Waals surface area contributed by atoms with E-state index < -0.39 is 0 Å². The molecule has 7 nitrogen and oxygen atoms in total. The molecule has 0 aliphatic rings. The number of hydrogen-bond donors (Lipinski definition) is 2. The van der Waals surface area contributed by atoms with Crippen LogP contribution in [0.15, 0.2) is 84.9 Å². The molecule has 3 aromatic carbocycles. The Morgan fingerprint density at radius 3 is 2.39 bits per heavy atom. The molecule has 2 heterocycles. The molecule has 2 N–H and O–H groups in total. The van der Waals surface area contributed by atoms with Crippen LogP contribution in [0.25, 0.3) is 22.6 Å². The summed E-state index contributed by atoms with van der Waals surface area (Å²) in [4.78, 5) is 7.37. The Bertz CT molecular complexity index is 1500. The smallest absolute Gasteiger partial charge is 0.205 e. The van der Waals surface area contributed by atoms with E-state index in [0.717, 1.165) is 40.4 Å². The molecular formula is C30H30FN7. The van der Waals surface area contributed by atoms with Crippen molar-refractivity contribution in [1.29, 1.82) is 0 Å². The van der Waals surface area contributed by atoms with Crippen molar-refractivity contribution < 1.29 is 4.39 Å². The van der Waals surface area contributed by atoms with E-state index >= 15 is 0 Å². The molecule has 0 aliphatic carbocycles. The van der Waals surface area contributed by atoms with Crippen LogP contribution in [0.1, 0.15) is 25.0 Å². The van der Waals surface area contributed by atoms with Gasteiger partial charge in [0.25, 0.3) is 0 Å². The second-order valence-electron chi connectivity index (χ2n) is 9.75. The zero-order valence-electron chi connectivity index (χ0n) is 21.7. The lowest BCUT2D eigenvalue weighted by Gasteiger charge is -2.27. The molecule has 0 spiro atoms. The fourth-order valence-corrected chi connectivity index (χ4v) is 4.43. The number of rotatable bonds is 9. The van der Waals surface area contributed by atoms with Crippen LogP contribution in [0.5, 0.6) is 0 Å². The fourth-order valence-electron chi connectivity index (χ4n) is 4.43. The van der Waals surface area contributed by atoms with Crippen molar-refractivity contribution in [2.75, 3.05) is 16.8 Å². The lowest BCUT2D eigenvalue weighted by molar-refractivity contribution is 0.605. The van der Waals surface area contributed by atoms with Crippen molar-refractivity contribution in [3.63, 3.8) is 0 Å². The molecule has 0 saturated heterocycles. The number of anilines is 3. The number of aromatic nitrogens is 5. The average Bonchev–Trinajstić information content (AvgIpc) is 3.45. The minimum atomic E-state index is -0.305. The molecule has 0 unspecified atom stereocenters. The van der Waals surface area contributed by atoms with Crippen molar-refractivity contribution in [1.82, 2.24) is 25.6 Å². The summed E-state index contributed by atoms with van der Waals surface area (Å²) in [6.45, 7) is 7.75. The number of aryl methyl sites for hydroxylation is 1. The lowest BCUT2D eigenvalue weighted by atomic mass is 10.0. The van der Waals surface area contributed by atoms with Crippen LogP contribution in [0.3, 0.4) is 0 Å². The van der Waals surface area contributed by atoms with Crippen molar-refractivity contribution in [3.05, 3.63) is 102 Å². The summed E-state index contributed by atoms with van der Waals surface area (Å²) < 4.78 is 14.8. The number of nitrogens with zero attached hydrogens (tertiary/aromatic N) is 5. The number of halogens is 1. The van der Waals surface area contributed by atoms with E-state index in [4.69, 9.17) is 4.98 Å². The first-order valence-electron chi connectivity index (χ1n) is 12.6. The normalized spacial score (nSPS) is 11.1. The van der Waals surface area contributed by atoms with E-state index in [2.05, 4.69) is 56.8 Å². The summed E-state index contributed by atoms with van der Waals surface area (Å²) in [7, 11) is 0. The highest BCUT2D eigenvalue weighted by atomic mass is 19.1. The topological polar surface area (TPSA) is 82.6 Å². The van der Waals surface area contributed by atoms with E-state index in [1.165, 1.54) is 11.6 Å². The number of pyridine rings is 1. The minimum Gasteiger partial charge on any atom is -0.353 e. The standard InChI is InChI=1S/C30H30FN7/c1-20(2)18-38(19-22-9-5-4-6-10-22)29-17-23(32-27-14-13-21(3)15-26(27)31)16-28(33-29)24-11-7-8-12-25(24)30-34-36-37-35-30/h4-17,20H,18-19H2,1-3H3,(H,32,33)(H,34,35,36,37). The Labute approximate surface area is 221 Å². The van der Waals surface area contributed by atoms with Gasteiger partial charge in [-0.1, -0.05) is 74.5 Å². The maximum absolute atomic E-state index is 14.8. The molecule has 5 rings (SSSR count). The number of H-pyrrole nitrogens is 1. The number of aromatic amines is 1. The summed E-state index contributed by atoms with van der Waals surface area (Å²) in [5.74, 6) is 1.37. The summed E-state index contributed by atoms with van der Waals surface area (Å²) in [5.41, 5.74) is 5.57. The third kappa shape index (κ3) is 5.86. The fraction of sp³-hybridized carbons (Fsp3) is 0.200. The van der Waals surface area contributed by atoms with Gasteiger partial charge in [-0.3, -0.25) is 0 Å². The molecule has 8 heteroatoms. The second-order valence-corrected chi connectivity index (χ2v) is 9.75. The highest BCUT2D eigenvalue weighted by molar-refractivity contribution is 5.81. The first-order valence-corrected chi connectivity index (χ1v) is 12.6. The van der Waals surface area contributed by atoms with E-state index in [1.54, 1.807) is 6.07 Å². The summed E-state index contributed by atoms with van der Waals surface area (Å²) in [6, 6.07) is 27.2. The Kier molecular flexibility index (Phi) is 7.40. The van der Waals surface area contributed by atoms with Gasteiger partial charge in [-0.2, -0.15) is 5.21 Å². The molecule has 0 radical (unpaired) electrons. The number of hydrogen-bond acceptors (Lipinski definition) is 6. The highest BCUT2D eigenvalue weighted by Gasteiger charge is 2.18. The Balaban J connectivity index is 1.63. The van der Waals surface area contributed by atoms with Gasteiger partial charge in [0, 0.05) is 36.0 Å². The average molecular weight is 508 g/mol. The van der Waals surface area contributed by atoms with Gasteiger partial charge >= 0.3 is 0 Å². The number of benzene rings is 3. The third-order valence-electron chi connectivity index (χ3n) is 6.13. The van der Waals surface area contributed by atoms with Gasteiger partial charge in [0.15, 0.2) is 0 Å². The lowest BCUT2D eigenvalue weighted by Crippen LogP contribution is -2.28. The maximum atomic E-state index is 14.8. The largest absolute Gasteiger partial charge is 0.353 e. The van der Waals surface area contributed by atoms with Crippen LogP contribution in [-0.2, 0) is 6.54 Å². The van der Waals surface area contributed by atoms with Gasteiger partial charge in [-0.15, -0.1) is 10.2 Å². The monoisotopic (exact) mass is 507 g/mol. The van der Waals surface area contributed by atoms with Crippen molar-refractivity contribution >= 4 is 17.2 Å². The maximum Gasteiger partial charge on any atom is 0.205 e. The predicted molar refractivity (Wildman–Crippen MR) is 150 cm³/mol. The molecule has 0 aliphatic heterocycles. The quantitative estimate of drug-likeness (QED) is 0.229. The molecule has 0 atom stereocenters. The number of tetrazole rings is 1. The van der Waals surface area contributed by atoms with E-state index in [0.29, 0.717) is 24.0 Å². The molecule has 0 bridgehead atoms. The molecule has 0 amide bonds. The van der Waals surface area contributed by atoms with Gasteiger partial charge in [-0.25, -0.2) is 9.37 Å². The molecule has 192 valence electrons. The minimum absolute atomic E-state index is 0.305. The SMILES string of the molecule is Cc1ccc(Nc2cc(-c3ccccc3-c3nn[nH]n3)nc(N(Cc3ccccc3)CC(C)C)c2)c(F)c1. The summed E-state index contributed by atoms with van der Waals surface area (Å²) >= 11 is 0. The zero-order valence-corrected chi connectivity index (χ0v) is 21.7. The molecule has 38 heavy (non-hydrogen) atoms. The Morgan fingerprint density at radius 1 is 0.921 bits per heavy atom. The van der Waals surface area contributed by atoms with Crippen LogP contribution in [-0.4, -0.2) is 32.2 Å². The van der Waals surface area contributed by atoms with E-state index in [-0.39, 0.29) is 5.82 Å². The summed E-state index contributed by atoms with van der Waals surface area (Å²) in [5, 5.41) is 17.9. The van der Waals surface area contributed by atoms with Crippen molar-refractivity contribution in [2.24, 2.45) is 5.92 Å². The second kappa shape index (κ2) is 11.2. The van der Waals surface area contributed by atoms with Gasteiger partial charge in [0.1, 0.15) is 11.6 Å². The van der Waals surface area contributed by atoms with Gasteiger partial charge in [0.05, 0.1) is 11.4 Å². The molecule has 5 aromatic rings. The predicted octanol–water partition coefficient (Wildman–Crippen LogP) is 6.78. The van der Waals surface area contributed by atoms with Gasteiger partial charge in [0.2, 0.25) is 5.82 Å². The van der Waals surface area contributed by atoms with Crippen molar-refractivity contribution in [2.45, 2.75) is 27.3 Å². The van der Waals surface area contributed by atoms with E-state index in [1.807, 2.05) is 67.6 Å². The zero-order chi connectivity index (χ0) is 26.5. The van der Waals surface area contributed by atoms with Crippen LogP contribution >= 0.6 is 0 Å². The molecular weight excluding hydrogens is 477 g/mol. The summed E-state index contributed by atoms with van der Waals surface area (Å²) in [6.07, 6.45) is 0. The number of nitrogens with one attached hydrogen (secondary N) is 2. The first kappa shape index (κ1) is 25.1. The van der Waals surface area contributed by atoms with Crippen LogP contribution in [0, 0.1) is 18.7 Å². The third-order valence-corrected chi connectivity index (χ3v) is 6.13. The Morgan fingerprint density at radius 2 is 1.68 bits per heavy atom. The van der Waals surface area contributed by atoms with Crippen LogP contribution in [0.4, 0.5) is 21.6 Å². The van der Waals surface area contributed by atoms with Crippen molar-refractivity contribution in [3.8, 4) is 22.6 Å². The molecule has 2 aromatic heterocycles. The van der Waals surface area contributed by atoms with E-state index in [9.17, 15) is 4.39 Å². The Hall–Kier alpha value is -4.59. The van der Waals surface area contributed by atoms with Crippen LogP contribution < -0.4 is 10.2 Å². The molecule has 0 fully saturated rings.